The first-order valence-corrected chi connectivity index (χ1v) is 3.12. The quantitative estimate of drug-likeness (QED) is 0.611. The molecule has 4 nitrogen and oxygen atoms in total. The number of aromatic nitrogens is 4. The van der Waals surface area contributed by atoms with Crippen molar-refractivity contribution in [2.75, 3.05) is 0 Å². The Morgan fingerprint density at radius 1 is 1.36 bits per heavy atom. The predicted octanol–water partition coefficient (Wildman–Crippen LogP) is 0.608. The molecular formula is C6H11N4Y-. The summed E-state index contributed by atoms with van der Waals surface area (Å²) in [7, 11) is 0. The van der Waals surface area contributed by atoms with Gasteiger partial charge in [0.15, 0.2) is 0 Å². The fourth-order valence-corrected chi connectivity index (χ4v) is 0.727. The Morgan fingerprint density at radius 3 is 2.09 bits per heavy atom. The summed E-state index contributed by atoms with van der Waals surface area (Å²) in [5, 5.41) is 10.9. The molecule has 0 aliphatic carbocycles. The van der Waals surface area contributed by atoms with Crippen LogP contribution in [0.25, 0.3) is 0 Å². The largest absolute Gasteiger partial charge is 0.336 e. The van der Waals surface area contributed by atoms with Crippen LogP contribution in [0.2, 0.25) is 0 Å². The molecule has 0 bridgehead atoms. The molecule has 0 spiro atoms. The van der Waals surface area contributed by atoms with Crippen molar-refractivity contribution in [1.82, 2.24) is 20.2 Å². The van der Waals surface area contributed by atoms with Crippen LogP contribution < -0.4 is 0 Å². The fraction of sp³-hybridized carbons (Fsp3) is 0.667. The van der Waals surface area contributed by atoms with Gasteiger partial charge in [-0.25, -0.2) is 0 Å². The maximum absolute atomic E-state index is 3.78. The van der Waals surface area contributed by atoms with Crippen LogP contribution in [-0.4, -0.2) is 20.2 Å². The van der Waals surface area contributed by atoms with Crippen molar-refractivity contribution in [1.29, 1.82) is 0 Å². The molecule has 0 N–H and O–H groups in total. The van der Waals surface area contributed by atoms with E-state index in [0.29, 0.717) is 5.82 Å². The zero-order chi connectivity index (χ0) is 7.78. The molecule has 1 heterocycles. The van der Waals surface area contributed by atoms with Crippen LogP contribution in [0, 0.1) is 6.92 Å². The van der Waals surface area contributed by atoms with E-state index in [2.05, 4.69) is 22.4 Å². The predicted molar refractivity (Wildman–Crippen MR) is 37.3 cm³/mol. The molecule has 0 atom stereocenters. The molecule has 0 saturated carbocycles. The van der Waals surface area contributed by atoms with Crippen LogP contribution >= 0.6 is 0 Å². The Bertz CT molecular complexity index is 225. The van der Waals surface area contributed by atoms with Crippen molar-refractivity contribution in [2.24, 2.45) is 0 Å². The second-order valence-corrected chi connectivity index (χ2v) is 3.18. The minimum atomic E-state index is -0.0689. The smallest absolute Gasteiger partial charge is 0.0553 e. The van der Waals surface area contributed by atoms with Gasteiger partial charge in [0.25, 0.3) is 0 Å². The van der Waals surface area contributed by atoms with Gasteiger partial charge in [-0.1, -0.05) is 0 Å². The molecule has 5 heteroatoms. The van der Waals surface area contributed by atoms with Gasteiger partial charge in [-0.05, 0) is 31.2 Å². The average Bonchev–Trinajstić information content (AvgIpc) is 2.11. The van der Waals surface area contributed by atoms with Crippen molar-refractivity contribution in [3.8, 4) is 0 Å². The Labute approximate surface area is 91.6 Å². The third-order valence-electron chi connectivity index (χ3n) is 1.17. The number of nitrogens with zero attached hydrogens (tertiary/aromatic N) is 4. The van der Waals surface area contributed by atoms with Crippen LogP contribution in [0.5, 0.6) is 0 Å². The van der Waals surface area contributed by atoms with Crippen molar-refractivity contribution in [2.45, 2.75) is 26.3 Å². The number of tetrazole rings is 1. The van der Waals surface area contributed by atoms with Gasteiger partial charge in [0.05, 0.1) is 5.54 Å². The molecule has 0 fully saturated rings. The number of rotatable bonds is 0. The topological polar surface area (TPSA) is 43.6 Å². The molecule has 0 unspecified atom stereocenters. The Morgan fingerprint density at radius 2 is 1.91 bits per heavy atom. The Kier molecular flexibility index (Phi) is 3.64. The second-order valence-electron chi connectivity index (χ2n) is 3.18. The van der Waals surface area contributed by atoms with Gasteiger partial charge in [-0.15, -0.1) is 5.10 Å². The molecule has 0 amide bonds. The normalized spacial score (nSPS) is 10.8. The van der Waals surface area contributed by atoms with Crippen molar-refractivity contribution in [3.63, 3.8) is 0 Å². The van der Waals surface area contributed by atoms with E-state index in [1.54, 1.807) is 4.68 Å². The molecule has 1 rings (SSSR count). The van der Waals surface area contributed by atoms with Crippen LogP contribution in [0.1, 0.15) is 26.6 Å². The van der Waals surface area contributed by atoms with E-state index in [0.717, 1.165) is 0 Å². The van der Waals surface area contributed by atoms with E-state index in [1.165, 1.54) is 0 Å². The molecule has 1 radical (unpaired) electrons. The van der Waals surface area contributed by atoms with Gasteiger partial charge >= 0.3 is 0 Å². The van der Waals surface area contributed by atoms with E-state index in [4.69, 9.17) is 0 Å². The average molecular weight is 228 g/mol. The standard InChI is InChI=1S/C6H11N4.Y/c1-5-7-8-9-10(5)6(2,3)4;/h1H2,2-4H3;/q-1;. The summed E-state index contributed by atoms with van der Waals surface area (Å²) in [6, 6.07) is 0. The van der Waals surface area contributed by atoms with Crippen LogP contribution in [-0.2, 0) is 38.2 Å². The second kappa shape index (κ2) is 3.63. The third kappa shape index (κ3) is 2.52. The number of hydrogen-bond acceptors (Lipinski definition) is 3. The van der Waals surface area contributed by atoms with Gasteiger partial charge in [-0.2, -0.15) is 0 Å². The third-order valence-corrected chi connectivity index (χ3v) is 1.17. The van der Waals surface area contributed by atoms with E-state index in [1.807, 2.05) is 20.8 Å². The summed E-state index contributed by atoms with van der Waals surface area (Å²) in [5.41, 5.74) is -0.0689. The maximum Gasteiger partial charge on any atom is 0.0553 e. The zero-order valence-corrected chi connectivity index (χ0v) is 9.91. The van der Waals surface area contributed by atoms with E-state index >= 15 is 0 Å². The summed E-state index contributed by atoms with van der Waals surface area (Å²) in [6.07, 6.45) is 0. The van der Waals surface area contributed by atoms with Crippen LogP contribution in [0.15, 0.2) is 0 Å². The molecule has 59 valence electrons. The molecule has 0 aromatic carbocycles. The molecule has 0 saturated heterocycles. The summed E-state index contributed by atoms with van der Waals surface area (Å²) < 4.78 is 1.69. The van der Waals surface area contributed by atoms with E-state index in [9.17, 15) is 0 Å². The van der Waals surface area contributed by atoms with Crippen molar-refractivity contribution < 1.29 is 32.7 Å². The zero-order valence-electron chi connectivity index (χ0n) is 7.07. The van der Waals surface area contributed by atoms with E-state index in [-0.39, 0.29) is 38.2 Å². The first kappa shape index (κ1) is 11.0. The summed E-state index contributed by atoms with van der Waals surface area (Å²) in [6.45, 7) is 9.75. The fourth-order valence-electron chi connectivity index (χ4n) is 0.727. The summed E-state index contributed by atoms with van der Waals surface area (Å²) in [4.78, 5) is 0. The monoisotopic (exact) mass is 228 g/mol. The number of hydrogen-bond donors (Lipinski definition) is 0. The molecule has 0 aliphatic rings. The first-order chi connectivity index (χ1) is 4.52. The minimum Gasteiger partial charge on any atom is -0.336 e. The molecule has 0 aliphatic heterocycles. The van der Waals surface area contributed by atoms with Gasteiger partial charge < -0.3 is 6.92 Å². The maximum atomic E-state index is 3.78. The first-order valence-electron chi connectivity index (χ1n) is 3.12. The molecule has 1 aromatic rings. The van der Waals surface area contributed by atoms with Gasteiger partial charge in [0.2, 0.25) is 0 Å². The van der Waals surface area contributed by atoms with Gasteiger partial charge in [0, 0.05) is 38.5 Å². The van der Waals surface area contributed by atoms with Crippen molar-refractivity contribution in [3.05, 3.63) is 12.7 Å². The van der Waals surface area contributed by atoms with Crippen molar-refractivity contribution >= 4 is 0 Å². The Balaban J connectivity index is 0.000001000. The van der Waals surface area contributed by atoms with E-state index < -0.39 is 0 Å². The minimum absolute atomic E-state index is 0. The SMILES string of the molecule is [CH2-]c1nnnn1C(C)(C)C.[Y]. The summed E-state index contributed by atoms with van der Waals surface area (Å²) >= 11 is 0. The molecule has 11 heavy (non-hydrogen) atoms. The Hall–Kier alpha value is 0.0439. The molecular weight excluding hydrogens is 217 g/mol. The summed E-state index contributed by atoms with van der Waals surface area (Å²) in [5.74, 6) is 0.604. The van der Waals surface area contributed by atoms with Gasteiger partial charge in [0.1, 0.15) is 0 Å². The van der Waals surface area contributed by atoms with Gasteiger partial charge in [-0.3, -0.25) is 4.68 Å². The molecule has 1 aromatic heterocycles. The van der Waals surface area contributed by atoms with Crippen LogP contribution in [0.3, 0.4) is 0 Å². The van der Waals surface area contributed by atoms with Crippen LogP contribution in [0.4, 0.5) is 0 Å².